The van der Waals surface area contributed by atoms with Gasteiger partial charge in [0.15, 0.2) is 0 Å². The Bertz CT molecular complexity index is 403. The summed E-state index contributed by atoms with van der Waals surface area (Å²) in [6.07, 6.45) is 2.62. The van der Waals surface area contributed by atoms with Gasteiger partial charge in [-0.05, 0) is 39.6 Å². The molecule has 1 aliphatic heterocycles. The molecule has 0 aromatic carbocycles. The van der Waals surface area contributed by atoms with Crippen LogP contribution >= 0.6 is 0 Å². The lowest BCUT2D eigenvalue weighted by atomic mass is 10.2. The minimum atomic E-state index is -0.137. The third kappa shape index (κ3) is 3.81. The van der Waals surface area contributed by atoms with Crippen LogP contribution in [0.5, 0.6) is 0 Å². The summed E-state index contributed by atoms with van der Waals surface area (Å²) in [6, 6.07) is 3.99. The highest BCUT2D eigenvalue weighted by atomic mass is 16.3. The summed E-state index contributed by atoms with van der Waals surface area (Å²) >= 11 is 0. The first-order chi connectivity index (χ1) is 9.06. The molecule has 2 atom stereocenters. The molecule has 1 fully saturated rings. The first kappa shape index (κ1) is 14.1. The molecule has 1 aromatic rings. The molecular formula is C14H23N3O2. The van der Waals surface area contributed by atoms with E-state index in [1.165, 1.54) is 0 Å². The van der Waals surface area contributed by atoms with Gasteiger partial charge in [0.05, 0.1) is 18.8 Å². The summed E-state index contributed by atoms with van der Waals surface area (Å²) in [5, 5.41) is 3.41. The predicted octanol–water partition coefficient (Wildman–Crippen LogP) is 0.920. The Labute approximate surface area is 114 Å². The average molecular weight is 265 g/mol. The first-order valence-corrected chi connectivity index (χ1v) is 6.78. The number of carbonyl (C=O) groups excluding carboxylic acids is 1. The zero-order valence-electron chi connectivity index (χ0n) is 11.9. The van der Waals surface area contributed by atoms with Crippen LogP contribution in [0, 0.1) is 0 Å². The van der Waals surface area contributed by atoms with Gasteiger partial charge in [0.25, 0.3) is 0 Å². The lowest BCUT2D eigenvalue weighted by Crippen LogP contribution is -2.50. The molecule has 2 rings (SSSR count). The number of nitrogens with one attached hydrogen (secondary N) is 1. The molecule has 106 valence electrons. The number of hydrogen-bond acceptors (Lipinski definition) is 4. The van der Waals surface area contributed by atoms with Gasteiger partial charge in [-0.3, -0.25) is 4.79 Å². The first-order valence-electron chi connectivity index (χ1n) is 6.78. The fourth-order valence-electron chi connectivity index (χ4n) is 2.42. The normalized spacial score (nSPS) is 24.8. The lowest BCUT2D eigenvalue weighted by Gasteiger charge is -2.25. The van der Waals surface area contributed by atoms with E-state index in [0.717, 1.165) is 25.3 Å². The molecule has 0 aliphatic carbocycles. The molecule has 0 radical (unpaired) electrons. The SMILES string of the molecule is CC1CCN(Cc2ccco2)C(=O)C(CN(C)C)N1. The van der Waals surface area contributed by atoms with Crippen LogP contribution in [0.3, 0.4) is 0 Å². The van der Waals surface area contributed by atoms with Gasteiger partial charge in [-0.1, -0.05) is 0 Å². The topological polar surface area (TPSA) is 48.7 Å². The smallest absolute Gasteiger partial charge is 0.241 e. The molecule has 5 nitrogen and oxygen atoms in total. The van der Waals surface area contributed by atoms with E-state index in [2.05, 4.69) is 12.2 Å². The third-order valence-electron chi connectivity index (χ3n) is 3.40. The van der Waals surface area contributed by atoms with Crippen molar-refractivity contribution >= 4 is 5.91 Å². The molecule has 2 unspecified atom stereocenters. The molecule has 0 spiro atoms. The van der Waals surface area contributed by atoms with Gasteiger partial charge in [-0.25, -0.2) is 0 Å². The monoisotopic (exact) mass is 265 g/mol. The van der Waals surface area contributed by atoms with Crippen LogP contribution < -0.4 is 5.32 Å². The summed E-state index contributed by atoms with van der Waals surface area (Å²) in [6.45, 7) is 4.19. The van der Waals surface area contributed by atoms with E-state index in [9.17, 15) is 4.79 Å². The quantitative estimate of drug-likeness (QED) is 0.879. The molecule has 1 amide bonds. The number of amides is 1. The summed E-state index contributed by atoms with van der Waals surface area (Å²) in [5.74, 6) is 1.00. The standard InChI is InChI=1S/C14H23N3O2/c1-11-6-7-17(9-12-5-4-8-19-12)14(18)13(15-11)10-16(2)3/h4-5,8,11,13,15H,6-7,9-10H2,1-3H3. The van der Waals surface area contributed by atoms with Crippen LogP contribution in [0.15, 0.2) is 22.8 Å². The third-order valence-corrected chi connectivity index (χ3v) is 3.40. The van der Waals surface area contributed by atoms with Crippen molar-refractivity contribution in [3.8, 4) is 0 Å². The Morgan fingerprint density at radius 3 is 2.95 bits per heavy atom. The second-order valence-corrected chi connectivity index (χ2v) is 5.51. The van der Waals surface area contributed by atoms with Crippen molar-refractivity contribution in [1.82, 2.24) is 15.1 Å². The zero-order chi connectivity index (χ0) is 13.8. The summed E-state index contributed by atoms with van der Waals surface area (Å²) < 4.78 is 5.34. The van der Waals surface area contributed by atoms with Gasteiger partial charge in [0.1, 0.15) is 5.76 Å². The maximum absolute atomic E-state index is 12.5. The number of likely N-dealkylation sites (N-methyl/N-ethyl adjacent to an activating group) is 1. The maximum atomic E-state index is 12.5. The molecule has 19 heavy (non-hydrogen) atoms. The Kier molecular flexibility index (Phi) is 4.61. The van der Waals surface area contributed by atoms with Gasteiger partial charge >= 0.3 is 0 Å². The van der Waals surface area contributed by atoms with Crippen molar-refractivity contribution in [2.24, 2.45) is 0 Å². The van der Waals surface area contributed by atoms with Gasteiger partial charge in [-0.2, -0.15) is 0 Å². The van der Waals surface area contributed by atoms with E-state index in [0.29, 0.717) is 12.6 Å². The molecule has 2 heterocycles. The van der Waals surface area contributed by atoms with Crippen LogP contribution in [0.4, 0.5) is 0 Å². The number of rotatable bonds is 4. The fraction of sp³-hybridized carbons (Fsp3) is 0.643. The molecule has 1 saturated heterocycles. The Morgan fingerprint density at radius 2 is 2.32 bits per heavy atom. The summed E-state index contributed by atoms with van der Waals surface area (Å²) in [7, 11) is 3.97. The van der Waals surface area contributed by atoms with Crippen LogP contribution in [-0.4, -0.2) is 55.0 Å². The second-order valence-electron chi connectivity index (χ2n) is 5.51. The molecule has 1 aliphatic rings. The lowest BCUT2D eigenvalue weighted by molar-refractivity contribution is -0.133. The second kappa shape index (κ2) is 6.21. The predicted molar refractivity (Wildman–Crippen MR) is 73.7 cm³/mol. The van der Waals surface area contributed by atoms with Crippen molar-refractivity contribution in [2.45, 2.75) is 32.0 Å². The van der Waals surface area contributed by atoms with Crippen LogP contribution in [-0.2, 0) is 11.3 Å². The Morgan fingerprint density at radius 1 is 1.53 bits per heavy atom. The highest BCUT2D eigenvalue weighted by molar-refractivity contribution is 5.82. The highest BCUT2D eigenvalue weighted by Gasteiger charge is 2.29. The number of hydrogen-bond donors (Lipinski definition) is 1. The Balaban J connectivity index is 2.07. The van der Waals surface area contributed by atoms with Crippen LogP contribution in [0.25, 0.3) is 0 Å². The van der Waals surface area contributed by atoms with Gasteiger partial charge in [-0.15, -0.1) is 0 Å². The largest absolute Gasteiger partial charge is 0.467 e. The van der Waals surface area contributed by atoms with Crippen molar-refractivity contribution in [2.75, 3.05) is 27.2 Å². The summed E-state index contributed by atoms with van der Waals surface area (Å²) in [5.41, 5.74) is 0. The van der Waals surface area contributed by atoms with Crippen LogP contribution in [0.1, 0.15) is 19.1 Å². The number of furan rings is 1. The molecule has 0 saturated carbocycles. The van der Waals surface area contributed by atoms with E-state index in [1.54, 1.807) is 6.26 Å². The fourth-order valence-corrected chi connectivity index (χ4v) is 2.42. The molecule has 1 N–H and O–H groups in total. The number of nitrogens with zero attached hydrogens (tertiary/aromatic N) is 2. The van der Waals surface area contributed by atoms with Gasteiger partial charge < -0.3 is 19.5 Å². The minimum absolute atomic E-state index is 0.137. The van der Waals surface area contributed by atoms with Crippen molar-refractivity contribution in [3.63, 3.8) is 0 Å². The van der Waals surface area contributed by atoms with E-state index < -0.39 is 0 Å². The van der Waals surface area contributed by atoms with Crippen molar-refractivity contribution in [1.29, 1.82) is 0 Å². The zero-order valence-corrected chi connectivity index (χ0v) is 11.9. The maximum Gasteiger partial charge on any atom is 0.241 e. The summed E-state index contributed by atoms with van der Waals surface area (Å²) in [4.78, 5) is 16.5. The highest BCUT2D eigenvalue weighted by Crippen LogP contribution is 2.12. The van der Waals surface area contributed by atoms with Crippen LogP contribution in [0.2, 0.25) is 0 Å². The Hall–Kier alpha value is -1.33. The molecule has 5 heteroatoms. The van der Waals surface area contributed by atoms with E-state index in [-0.39, 0.29) is 11.9 Å². The average Bonchev–Trinajstić information content (AvgIpc) is 2.80. The van der Waals surface area contributed by atoms with E-state index >= 15 is 0 Å². The number of carbonyl (C=O) groups is 1. The molecule has 0 bridgehead atoms. The minimum Gasteiger partial charge on any atom is -0.467 e. The van der Waals surface area contributed by atoms with Crippen molar-refractivity contribution in [3.05, 3.63) is 24.2 Å². The van der Waals surface area contributed by atoms with E-state index in [4.69, 9.17) is 4.42 Å². The van der Waals surface area contributed by atoms with Gasteiger partial charge in [0.2, 0.25) is 5.91 Å². The molecular weight excluding hydrogens is 242 g/mol. The van der Waals surface area contributed by atoms with Crippen molar-refractivity contribution < 1.29 is 9.21 Å². The molecule has 1 aromatic heterocycles. The van der Waals surface area contributed by atoms with Gasteiger partial charge in [0, 0.05) is 19.1 Å². The van der Waals surface area contributed by atoms with E-state index in [1.807, 2.05) is 36.0 Å².